The third-order valence-corrected chi connectivity index (χ3v) is 3.72. The van der Waals surface area contributed by atoms with Crippen molar-refractivity contribution in [1.29, 1.82) is 0 Å². The van der Waals surface area contributed by atoms with Crippen molar-refractivity contribution in [3.8, 4) is 0 Å². The van der Waals surface area contributed by atoms with Crippen LogP contribution in [-0.4, -0.2) is 35.9 Å². The molecule has 2 unspecified atom stereocenters. The lowest BCUT2D eigenvalue weighted by atomic mass is 10.1. The molecule has 2 atom stereocenters. The summed E-state index contributed by atoms with van der Waals surface area (Å²) in [7, 11) is 0. The van der Waals surface area contributed by atoms with Crippen LogP contribution in [0.2, 0.25) is 0 Å². The van der Waals surface area contributed by atoms with Crippen LogP contribution in [0.5, 0.6) is 0 Å². The summed E-state index contributed by atoms with van der Waals surface area (Å²) in [4.78, 5) is 4.48. The van der Waals surface area contributed by atoms with Crippen LogP contribution < -0.4 is 5.32 Å². The van der Waals surface area contributed by atoms with Crippen LogP contribution in [0.25, 0.3) is 0 Å². The van der Waals surface area contributed by atoms with Gasteiger partial charge in [0.2, 0.25) is 5.89 Å². The Kier molecular flexibility index (Phi) is 2.67. The third-order valence-electron chi connectivity index (χ3n) is 3.72. The smallest absolute Gasteiger partial charge is 0.229 e. The average molecular weight is 237 g/mol. The van der Waals surface area contributed by atoms with Gasteiger partial charge in [0.05, 0.1) is 19.1 Å². The Morgan fingerprint density at radius 2 is 2.29 bits per heavy atom. The minimum Gasteiger partial charge on any atom is -0.375 e. The van der Waals surface area contributed by atoms with Gasteiger partial charge in [-0.05, 0) is 11.8 Å². The summed E-state index contributed by atoms with van der Waals surface area (Å²) >= 11 is 0. The number of hydrogen-bond acceptors (Lipinski definition) is 5. The van der Waals surface area contributed by atoms with Gasteiger partial charge in [0.15, 0.2) is 5.82 Å². The van der Waals surface area contributed by atoms with Crippen LogP contribution in [0.1, 0.15) is 37.9 Å². The van der Waals surface area contributed by atoms with Crippen molar-refractivity contribution in [2.45, 2.75) is 38.7 Å². The molecule has 0 amide bonds. The molecule has 1 aliphatic carbocycles. The molecule has 1 aromatic heterocycles. The SMILES string of the molecule is CC1(C)CC1c1noc(CC2CNCCO2)n1. The normalized spacial score (nSPS) is 31.4. The molecule has 1 saturated heterocycles. The molecule has 1 N–H and O–H groups in total. The second-order valence-corrected chi connectivity index (χ2v) is 5.69. The maximum atomic E-state index is 5.62. The Labute approximate surface area is 101 Å². The molecule has 17 heavy (non-hydrogen) atoms. The Balaban J connectivity index is 1.61. The van der Waals surface area contributed by atoms with E-state index >= 15 is 0 Å². The molecule has 1 aromatic rings. The Hall–Kier alpha value is -0.940. The molecule has 2 heterocycles. The zero-order chi connectivity index (χ0) is 11.9. The van der Waals surface area contributed by atoms with E-state index in [2.05, 4.69) is 29.3 Å². The zero-order valence-corrected chi connectivity index (χ0v) is 10.4. The maximum absolute atomic E-state index is 5.62. The number of rotatable bonds is 3. The molecule has 0 radical (unpaired) electrons. The topological polar surface area (TPSA) is 60.2 Å². The van der Waals surface area contributed by atoms with E-state index in [0.717, 1.165) is 31.9 Å². The fourth-order valence-corrected chi connectivity index (χ4v) is 2.35. The number of aromatic nitrogens is 2. The van der Waals surface area contributed by atoms with E-state index in [1.807, 2.05) is 0 Å². The quantitative estimate of drug-likeness (QED) is 0.853. The highest BCUT2D eigenvalue weighted by Crippen LogP contribution is 2.57. The number of nitrogens with one attached hydrogen (secondary N) is 1. The summed E-state index contributed by atoms with van der Waals surface area (Å²) in [5, 5.41) is 7.37. The molecule has 0 bridgehead atoms. The van der Waals surface area contributed by atoms with Crippen molar-refractivity contribution in [2.24, 2.45) is 5.41 Å². The third kappa shape index (κ3) is 2.35. The molecular weight excluding hydrogens is 218 g/mol. The van der Waals surface area contributed by atoms with Crippen LogP contribution in [-0.2, 0) is 11.2 Å². The van der Waals surface area contributed by atoms with E-state index < -0.39 is 0 Å². The molecule has 94 valence electrons. The van der Waals surface area contributed by atoms with Crippen LogP contribution >= 0.6 is 0 Å². The van der Waals surface area contributed by atoms with Gasteiger partial charge in [-0.15, -0.1) is 0 Å². The van der Waals surface area contributed by atoms with Crippen LogP contribution in [0.3, 0.4) is 0 Å². The molecule has 3 rings (SSSR count). The minimum absolute atomic E-state index is 0.171. The predicted molar refractivity (Wildman–Crippen MR) is 61.8 cm³/mol. The van der Waals surface area contributed by atoms with Crippen molar-refractivity contribution in [3.63, 3.8) is 0 Å². The Morgan fingerprint density at radius 1 is 1.47 bits per heavy atom. The average Bonchev–Trinajstić information content (AvgIpc) is 2.74. The highest BCUT2D eigenvalue weighted by Gasteiger charge is 2.49. The fraction of sp³-hybridized carbons (Fsp3) is 0.833. The molecule has 1 saturated carbocycles. The molecule has 2 fully saturated rings. The molecule has 5 nitrogen and oxygen atoms in total. The zero-order valence-electron chi connectivity index (χ0n) is 10.4. The van der Waals surface area contributed by atoms with Gasteiger partial charge in [-0.3, -0.25) is 0 Å². The van der Waals surface area contributed by atoms with Gasteiger partial charge in [0.25, 0.3) is 0 Å². The Bertz CT molecular complexity index is 396. The number of ether oxygens (including phenoxy) is 1. The first-order chi connectivity index (χ1) is 8.15. The number of morpholine rings is 1. The predicted octanol–water partition coefficient (Wildman–Crippen LogP) is 1.11. The fourth-order valence-electron chi connectivity index (χ4n) is 2.35. The maximum Gasteiger partial charge on any atom is 0.229 e. The van der Waals surface area contributed by atoms with Crippen LogP contribution in [0, 0.1) is 5.41 Å². The molecule has 1 aliphatic heterocycles. The van der Waals surface area contributed by atoms with Gasteiger partial charge >= 0.3 is 0 Å². The van der Waals surface area contributed by atoms with Crippen molar-refractivity contribution in [2.75, 3.05) is 19.7 Å². The molecule has 5 heteroatoms. The van der Waals surface area contributed by atoms with E-state index in [1.165, 1.54) is 0 Å². The van der Waals surface area contributed by atoms with Crippen molar-refractivity contribution >= 4 is 0 Å². The summed E-state index contributed by atoms with van der Waals surface area (Å²) in [5.74, 6) is 2.05. The summed E-state index contributed by atoms with van der Waals surface area (Å²) in [6.45, 7) is 7.04. The Morgan fingerprint density at radius 3 is 2.94 bits per heavy atom. The first kappa shape index (κ1) is 11.2. The van der Waals surface area contributed by atoms with Gasteiger partial charge in [-0.25, -0.2) is 0 Å². The minimum atomic E-state index is 0.171. The van der Waals surface area contributed by atoms with Crippen LogP contribution in [0.15, 0.2) is 4.52 Å². The number of nitrogens with zero attached hydrogens (tertiary/aromatic N) is 2. The first-order valence-electron chi connectivity index (χ1n) is 6.30. The lowest BCUT2D eigenvalue weighted by Crippen LogP contribution is -2.39. The number of hydrogen-bond donors (Lipinski definition) is 1. The van der Waals surface area contributed by atoms with Crippen molar-refractivity contribution < 1.29 is 9.26 Å². The standard InChI is InChI=1S/C12H19N3O2/c1-12(2)6-9(12)11-14-10(17-15-11)5-8-7-13-3-4-16-8/h8-9,13H,3-7H2,1-2H3. The van der Waals surface area contributed by atoms with E-state index in [9.17, 15) is 0 Å². The van der Waals surface area contributed by atoms with Gasteiger partial charge in [-0.2, -0.15) is 4.98 Å². The van der Waals surface area contributed by atoms with E-state index in [4.69, 9.17) is 9.26 Å². The van der Waals surface area contributed by atoms with Crippen molar-refractivity contribution in [3.05, 3.63) is 11.7 Å². The first-order valence-corrected chi connectivity index (χ1v) is 6.30. The van der Waals surface area contributed by atoms with Gasteiger partial charge in [0.1, 0.15) is 0 Å². The highest BCUT2D eigenvalue weighted by molar-refractivity contribution is 5.14. The largest absolute Gasteiger partial charge is 0.375 e. The molecule has 2 aliphatic rings. The monoisotopic (exact) mass is 237 g/mol. The van der Waals surface area contributed by atoms with E-state index in [-0.39, 0.29) is 6.10 Å². The van der Waals surface area contributed by atoms with Crippen molar-refractivity contribution in [1.82, 2.24) is 15.5 Å². The van der Waals surface area contributed by atoms with E-state index in [0.29, 0.717) is 23.6 Å². The highest BCUT2D eigenvalue weighted by atomic mass is 16.5. The molecule has 0 spiro atoms. The summed E-state index contributed by atoms with van der Waals surface area (Å²) in [6, 6.07) is 0. The summed E-state index contributed by atoms with van der Waals surface area (Å²) in [5.41, 5.74) is 0.351. The second-order valence-electron chi connectivity index (χ2n) is 5.69. The summed E-state index contributed by atoms with van der Waals surface area (Å²) < 4.78 is 10.9. The van der Waals surface area contributed by atoms with E-state index in [1.54, 1.807) is 0 Å². The van der Waals surface area contributed by atoms with Gasteiger partial charge in [0, 0.05) is 19.0 Å². The lowest BCUT2D eigenvalue weighted by Gasteiger charge is -2.21. The van der Waals surface area contributed by atoms with Gasteiger partial charge < -0.3 is 14.6 Å². The molecular formula is C12H19N3O2. The van der Waals surface area contributed by atoms with Gasteiger partial charge in [-0.1, -0.05) is 19.0 Å². The van der Waals surface area contributed by atoms with Crippen LogP contribution in [0.4, 0.5) is 0 Å². The summed E-state index contributed by atoms with van der Waals surface area (Å²) in [6.07, 6.45) is 2.05. The molecule has 0 aromatic carbocycles. The lowest BCUT2D eigenvalue weighted by molar-refractivity contribution is 0.0246. The second kappa shape index (κ2) is 4.07.